The van der Waals surface area contributed by atoms with E-state index in [1.54, 1.807) is 0 Å². The zero-order valence-electron chi connectivity index (χ0n) is 18.8. The standard InChI is InChI=1S/C24H32N4O3.HI/c1-3-25-24(27-15-16-7-5-8-19(13-16)31-4-2)26-11-6-12-28-22(29)20-17-9-10-18(14-17)21(20)23(28)30;/h5,7-10,13,17-18,20-21H,3-4,6,11-12,14-15H2,1-2H3,(H2,25,26,27);1H. The molecule has 1 saturated heterocycles. The number of ether oxygens (including phenoxy) is 1. The van der Waals surface area contributed by atoms with E-state index in [0.717, 1.165) is 30.2 Å². The van der Waals surface area contributed by atoms with Crippen molar-refractivity contribution >= 4 is 41.8 Å². The van der Waals surface area contributed by atoms with Crippen molar-refractivity contribution in [1.29, 1.82) is 0 Å². The molecule has 4 rings (SSSR count). The summed E-state index contributed by atoms with van der Waals surface area (Å²) in [5.74, 6) is 1.95. The molecule has 1 aliphatic heterocycles. The number of benzene rings is 1. The SMILES string of the molecule is CCNC(=NCc1cccc(OCC)c1)NCCCN1C(=O)C2C3C=CC(C3)C2C1=O.I. The van der Waals surface area contributed by atoms with Crippen LogP contribution in [0.5, 0.6) is 5.75 Å². The lowest BCUT2D eigenvalue weighted by atomic mass is 9.85. The van der Waals surface area contributed by atoms with Gasteiger partial charge >= 0.3 is 0 Å². The number of nitrogens with zero attached hydrogens (tertiary/aromatic N) is 2. The molecule has 32 heavy (non-hydrogen) atoms. The zero-order chi connectivity index (χ0) is 21.8. The Bertz CT molecular complexity index is 858. The Labute approximate surface area is 207 Å². The molecule has 0 radical (unpaired) electrons. The van der Waals surface area contributed by atoms with E-state index in [1.165, 1.54) is 4.90 Å². The van der Waals surface area contributed by atoms with Gasteiger partial charge in [0.2, 0.25) is 11.8 Å². The van der Waals surface area contributed by atoms with Gasteiger partial charge in [0.15, 0.2) is 5.96 Å². The molecule has 0 aromatic heterocycles. The van der Waals surface area contributed by atoms with E-state index in [9.17, 15) is 9.59 Å². The zero-order valence-corrected chi connectivity index (χ0v) is 21.1. The lowest BCUT2D eigenvalue weighted by Crippen LogP contribution is -2.40. The van der Waals surface area contributed by atoms with E-state index in [-0.39, 0.29) is 59.5 Å². The highest BCUT2D eigenvalue weighted by molar-refractivity contribution is 14.0. The smallest absolute Gasteiger partial charge is 0.233 e. The van der Waals surface area contributed by atoms with E-state index < -0.39 is 0 Å². The number of carbonyl (C=O) groups excluding carboxylic acids is 2. The first-order valence-corrected chi connectivity index (χ1v) is 11.4. The van der Waals surface area contributed by atoms with Gasteiger partial charge in [0.1, 0.15) is 5.75 Å². The van der Waals surface area contributed by atoms with Crippen molar-refractivity contribution in [2.75, 3.05) is 26.2 Å². The minimum Gasteiger partial charge on any atom is -0.494 e. The number of nitrogens with one attached hydrogen (secondary N) is 2. The van der Waals surface area contributed by atoms with E-state index in [0.29, 0.717) is 32.7 Å². The summed E-state index contributed by atoms with van der Waals surface area (Å²) >= 11 is 0. The fraction of sp³-hybridized carbons (Fsp3) is 0.542. The van der Waals surface area contributed by atoms with Crippen molar-refractivity contribution in [3.63, 3.8) is 0 Å². The number of allylic oxidation sites excluding steroid dienone is 2. The van der Waals surface area contributed by atoms with Gasteiger partial charge < -0.3 is 15.4 Å². The Hall–Kier alpha value is -2.10. The lowest BCUT2D eigenvalue weighted by molar-refractivity contribution is -0.140. The summed E-state index contributed by atoms with van der Waals surface area (Å²) in [6.07, 6.45) is 5.93. The molecule has 2 aliphatic carbocycles. The van der Waals surface area contributed by atoms with Crippen molar-refractivity contribution in [3.05, 3.63) is 42.0 Å². The number of imide groups is 1. The maximum atomic E-state index is 12.8. The minimum atomic E-state index is -0.109. The second-order valence-corrected chi connectivity index (χ2v) is 8.38. The molecule has 2 bridgehead atoms. The number of hydrogen-bond acceptors (Lipinski definition) is 4. The predicted octanol–water partition coefficient (Wildman–Crippen LogP) is 2.96. The number of halogens is 1. The Balaban J connectivity index is 0.00000289. The normalized spacial score (nSPS) is 25.7. The first-order valence-electron chi connectivity index (χ1n) is 11.4. The molecule has 2 N–H and O–H groups in total. The monoisotopic (exact) mass is 552 g/mol. The fourth-order valence-electron chi connectivity index (χ4n) is 5.04. The van der Waals surface area contributed by atoms with Crippen LogP contribution in [0.3, 0.4) is 0 Å². The van der Waals surface area contributed by atoms with Gasteiger partial charge in [0.05, 0.1) is 25.0 Å². The number of likely N-dealkylation sites (tertiary alicyclic amines) is 1. The van der Waals surface area contributed by atoms with Crippen LogP contribution in [0.1, 0.15) is 32.3 Å². The van der Waals surface area contributed by atoms with Gasteiger partial charge in [-0.05, 0) is 56.2 Å². The second-order valence-electron chi connectivity index (χ2n) is 8.38. The van der Waals surface area contributed by atoms with Crippen molar-refractivity contribution < 1.29 is 14.3 Å². The Morgan fingerprint density at radius 3 is 2.50 bits per heavy atom. The molecule has 1 aromatic carbocycles. The van der Waals surface area contributed by atoms with Crippen LogP contribution < -0.4 is 15.4 Å². The number of carbonyl (C=O) groups is 2. The quantitative estimate of drug-likeness (QED) is 0.123. The van der Waals surface area contributed by atoms with Crippen LogP contribution >= 0.6 is 24.0 Å². The van der Waals surface area contributed by atoms with Crippen molar-refractivity contribution in [1.82, 2.24) is 15.5 Å². The highest BCUT2D eigenvalue weighted by atomic mass is 127. The molecule has 4 atom stereocenters. The maximum absolute atomic E-state index is 12.8. The van der Waals surface area contributed by atoms with Crippen LogP contribution in [0.15, 0.2) is 41.4 Å². The van der Waals surface area contributed by atoms with Crippen molar-refractivity contribution in [2.45, 2.75) is 33.2 Å². The Morgan fingerprint density at radius 1 is 1.12 bits per heavy atom. The van der Waals surface area contributed by atoms with Crippen LogP contribution in [-0.4, -0.2) is 48.9 Å². The summed E-state index contributed by atoms with van der Waals surface area (Å²) in [4.78, 5) is 31.6. The van der Waals surface area contributed by atoms with Crippen LogP contribution in [0, 0.1) is 23.7 Å². The molecule has 1 saturated carbocycles. The molecule has 8 heteroatoms. The minimum absolute atomic E-state index is 0. The summed E-state index contributed by atoms with van der Waals surface area (Å²) in [7, 11) is 0. The van der Waals surface area contributed by atoms with Crippen LogP contribution in [-0.2, 0) is 16.1 Å². The molecule has 1 aromatic rings. The van der Waals surface area contributed by atoms with Gasteiger partial charge in [-0.2, -0.15) is 0 Å². The third kappa shape index (κ3) is 5.10. The maximum Gasteiger partial charge on any atom is 0.233 e. The molecule has 7 nitrogen and oxygen atoms in total. The molecular formula is C24H33IN4O3. The van der Waals surface area contributed by atoms with Gasteiger partial charge in [0, 0.05) is 19.6 Å². The number of hydrogen-bond donors (Lipinski definition) is 2. The molecule has 0 spiro atoms. The van der Waals surface area contributed by atoms with Crippen LogP contribution in [0.4, 0.5) is 0 Å². The summed E-state index contributed by atoms with van der Waals surface area (Å²) in [5.41, 5.74) is 1.08. The topological polar surface area (TPSA) is 83.0 Å². The number of aliphatic imine (C=N–C) groups is 1. The molecule has 1 heterocycles. The molecule has 2 fully saturated rings. The lowest BCUT2D eigenvalue weighted by Gasteiger charge is -2.18. The molecule has 2 amide bonds. The van der Waals surface area contributed by atoms with Crippen LogP contribution in [0.25, 0.3) is 0 Å². The van der Waals surface area contributed by atoms with Gasteiger partial charge in [-0.1, -0.05) is 24.3 Å². The van der Waals surface area contributed by atoms with E-state index in [2.05, 4.69) is 27.8 Å². The summed E-state index contributed by atoms with van der Waals surface area (Å²) in [6.45, 7) is 7.03. The third-order valence-electron chi connectivity index (χ3n) is 6.39. The van der Waals surface area contributed by atoms with Gasteiger partial charge in [-0.25, -0.2) is 4.99 Å². The number of guanidine groups is 1. The summed E-state index contributed by atoms with van der Waals surface area (Å²) in [5, 5.41) is 6.55. The first-order chi connectivity index (χ1) is 15.1. The fourth-order valence-corrected chi connectivity index (χ4v) is 5.04. The van der Waals surface area contributed by atoms with E-state index >= 15 is 0 Å². The molecule has 3 aliphatic rings. The Kier molecular flexibility index (Phi) is 8.56. The Morgan fingerprint density at radius 2 is 1.84 bits per heavy atom. The predicted molar refractivity (Wildman–Crippen MR) is 135 cm³/mol. The van der Waals surface area contributed by atoms with Crippen LogP contribution in [0.2, 0.25) is 0 Å². The second kappa shape index (κ2) is 11.2. The number of fused-ring (bicyclic) bond motifs is 5. The first kappa shape index (κ1) is 24.5. The number of amides is 2. The average molecular weight is 552 g/mol. The molecular weight excluding hydrogens is 519 g/mol. The van der Waals surface area contributed by atoms with Crippen molar-refractivity contribution in [2.24, 2.45) is 28.7 Å². The third-order valence-corrected chi connectivity index (χ3v) is 6.39. The van der Waals surface area contributed by atoms with Gasteiger partial charge in [0.25, 0.3) is 0 Å². The average Bonchev–Trinajstić information content (AvgIpc) is 3.45. The molecule has 174 valence electrons. The highest BCUT2D eigenvalue weighted by Gasteiger charge is 2.58. The largest absolute Gasteiger partial charge is 0.494 e. The van der Waals surface area contributed by atoms with Gasteiger partial charge in [-0.3, -0.25) is 14.5 Å². The highest BCUT2D eigenvalue weighted by Crippen LogP contribution is 2.52. The van der Waals surface area contributed by atoms with E-state index in [4.69, 9.17) is 4.74 Å². The summed E-state index contributed by atoms with van der Waals surface area (Å²) in [6, 6.07) is 7.94. The van der Waals surface area contributed by atoms with Gasteiger partial charge in [-0.15, -0.1) is 24.0 Å². The van der Waals surface area contributed by atoms with Crippen molar-refractivity contribution in [3.8, 4) is 5.75 Å². The summed E-state index contributed by atoms with van der Waals surface area (Å²) < 4.78 is 5.55. The number of rotatable bonds is 9. The molecule has 4 unspecified atom stereocenters. The van der Waals surface area contributed by atoms with E-state index in [1.807, 2.05) is 38.1 Å².